The molecule has 1 heterocycles. The molecular weight excluding hydrogens is 282 g/mol. The van der Waals surface area contributed by atoms with Crippen LogP contribution in [-0.4, -0.2) is 4.98 Å². The Bertz CT molecular complexity index is 999. The quantitative estimate of drug-likeness (QED) is 0.471. The van der Waals surface area contributed by atoms with Gasteiger partial charge in [-0.15, -0.1) is 0 Å². The molecule has 0 aliphatic carbocycles. The van der Waals surface area contributed by atoms with Crippen molar-refractivity contribution in [2.45, 2.75) is 0 Å². The number of hydrogen-bond donors (Lipinski definition) is 3. The number of rotatable bonds is 2. The fourth-order valence-corrected chi connectivity index (χ4v) is 3.05. The van der Waals surface area contributed by atoms with Crippen LogP contribution >= 0.6 is 0 Å². The Labute approximate surface area is 134 Å². The molecule has 0 fully saturated rings. The first-order valence-corrected chi connectivity index (χ1v) is 7.55. The number of benzene rings is 3. The first kappa shape index (κ1) is 13.5. The summed E-state index contributed by atoms with van der Waals surface area (Å²) in [6, 6.07) is 24.2. The van der Waals surface area contributed by atoms with Crippen LogP contribution < -0.4 is 11.5 Å². The molecule has 112 valence electrons. The zero-order valence-corrected chi connectivity index (χ0v) is 12.6. The normalized spacial score (nSPS) is 11.0. The number of fused-ring (bicyclic) bond motifs is 1. The monoisotopic (exact) mass is 299 g/mol. The second kappa shape index (κ2) is 5.21. The molecule has 3 nitrogen and oxygen atoms in total. The Balaban J connectivity index is 2.06. The van der Waals surface area contributed by atoms with E-state index in [1.807, 2.05) is 42.5 Å². The Morgan fingerprint density at radius 3 is 2.04 bits per heavy atom. The van der Waals surface area contributed by atoms with Gasteiger partial charge in [0.2, 0.25) is 0 Å². The lowest BCUT2D eigenvalue weighted by Gasteiger charge is -2.07. The predicted molar refractivity (Wildman–Crippen MR) is 98.0 cm³/mol. The fraction of sp³-hybridized carbons (Fsp3) is 0. The highest BCUT2D eigenvalue weighted by atomic mass is 14.7. The van der Waals surface area contributed by atoms with Gasteiger partial charge in [0, 0.05) is 33.4 Å². The Morgan fingerprint density at radius 1 is 0.652 bits per heavy atom. The summed E-state index contributed by atoms with van der Waals surface area (Å²) < 4.78 is 0. The summed E-state index contributed by atoms with van der Waals surface area (Å²) in [4.78, 5) is 3.53. The summed E-state index contributed by atoms with van der Waals surface area (Å²) in [7, 11) is 0. The number of aromatic nitrogens is 1. The maximum Gasteiger partial charge on any atom is 0.0545 e. The van der Waals surface area contributed by atoms with E-state index in [2.05, 4.69) is 35.3 Å². The molecule has 0 unspecified atom stereocenters. The molecule has 0 aliphatic heterocycles. The van der Waals surface area contributed by atoms with E-state index in [0.717, 1.165) is 39.3 Å². The van der Waals surface area contributed by atoms with Crippen molar-refractivity contribution in [1.82, 2.24) is 4.98 Å². The van der Waals surface area contributed by atoms with Crippen LogP contribution in [0.3, 0.4) is 0 Å². The molecule has 0 amide bonds. The molecule has 4 rings (SSSR count). The summed E-state index contributed by atoms with van der Waals surface area (Å²) in [5.41, 5.74) is 18.9. The average Bonchev–Trinajstić information content (AvgIpc) is 2.94. The van der Waals surface area contributed by atoms with Crippen LogP contribution in [0.1, 0.15) is 0 Å². The third kappa shape index (κ3) is 2.32. The van der Waals surface area contributed by atoms with E-state index in [4.69, 9.17) is 11.5 Å². The van der Waals surface area contributed by atoms with Crippen molar-refractivity contribution >= 4 is 22.3 Å². The van der Waals surface area contributed by atoms with Crippen molar-refractivity contribution in [2.24, 2.45) is 0 Å². The zero-order chi connectivity index (χ0) is 15.8. The van der Waals surface area contributed by atoms with Crippen molar-refractivity contribution < 1.29 is 0 Å². The topological polar surface area (TPSA) is 67.8 Å². The molecule has 1 aromatic heterocycles. The van der Waals surface area contributed by atoms with Crippen LogP contribution in [-0.2, 0) is 0 Å². The second-order valence-electron chi connectivity index (χ2n) is 5.67. The summed E-state index contributed by atoms with van der Waals surface area (Å²) in [5.74, 6) is 0. The van der Waals surface area contributed by atoms with Crippen LogP contribution in [0, 0.1) is 0 Å². The molecular formula is C20H17N3. The van der Waals surface area contributed by atoms with Crippen molar-refractivity contribution in [3.05, 3.63) is 72.8 Å². The minimum atomic E-state index is 0.750. The largest absolute Gasteiger partial charge is 0.399 e. The van der Waals surface area contributed by atoms with E-state index in [9.17, 15) is 0 Å². The van der Waals surface area contributed by atoms with Crippen LogP contribution in [0.2, 0.25) is 0 Å². The fourth-order valence-electron chi connectivity index (χ4n) is 3.05. The SMILES string of the molecule is Nc1cccc(-c2[nH]c3ccccc3c2-c2cccc(N)c2)c1. The van der Waals surface area contributed by atoms with E-state index in [-0.39, 0.29) is 0 Å². The first-order chi connectivity index (χ1) is 11.2. The van der Waals surface area contributed by atoms with Crippen LogP contribution in [0.15, 0.2) is 72.8 Å². The second-order valence-corrected chi connectivity index (χ2v) is 5.67. The highest BCUT2D eigenvalue weighted by Gasteiger charge is 2.15. The third-order valence-corrected chi connectivity index (χ3v) is 4.06. The maximum atomic E-state index is 5.99. The van der Waals surface area contributed by atoms with E-state index in [1.54, 1.807) is 0 Å². The Kier molecular flexibility index (Phi) is 3.05. The number of aromatic amines is 1. The van der Waals surface area contributed by atoms with Gasteiger partial charge in [-0.3, -0.25) is 0 Å². The zero-order valence-electron chi connectivity index (χ0n) is 12.6. The molecule has 0 spiro atoms. The molecule has 23 heavy (non-hydrogen) atoms. The van der Waals surface area contributed by atoms with Crippen molar-refractivity contribution in [2.75, 3.05) is 11.5 Å². The van der Waals surface area contributed by atoms with Crippen molar-refractivity contribution in [1.29, 1.82) is 0 Å². The van der Waals surface area contributed by atoms with Gasteiger partial charge >= 0.3 is 0 Å². The van der Waals surface area contributed by atoms with Gasteiger partial charge in [-0.05, 0) is 35.9 Å². The summed E-state index contributed by atoms with van der Waals surface area (Å²) >= 11 is 0. The van der Waals surface area contributed by atoms with Crippen LogP contribution in [0.4, 0.5) is 11.4 Å². The summed E-state index contributed by atoms with van der Waals surface area (Å²) in [5, 5.41) is 1.18. The van der Waals surface area contributed by atoms with E-state index in [0.29, 0.717) is 0 Å². The summed E-state index contributed by atoms with van der Waals surface area (Å²) in [6.07, 6.45) is 0. The molecule has 0 radical (unpaired) electrons. The van der Waals surface area contributed by atoms with Gasteiger partial charge in [0.25, 0.3) is 0 Å². The van der Waals surface area contributed by atoms with Gasteiger partial charge in [0.1, 0.15) is 0 Å². The van der Waals surface area contributed by atoms with Gasteiger partial charge in [-0.25, -0.2) is 0 Å². The number of nitrogen functional groups attached to an aromatic ring is 2. The Morgan fingerprint density at radius 2 is 1.30 bits per heavy atom. The first-order valence-electron chi connectivity index (χ1n) is 7.55. The van der Waals surface area contributed by atoms with E-state index < -0.39 is 0 Å². The van der Waals surface area contributed by atoms with Gasteiger partial charge in [0.05, 0.1) is 5.69 Å². The molecule has 0 aliphatic rings. The van der Waals surface area contributed by atoms with Crippen LogP contribution in [0.25, 0.3) is 33.3 Å². The lowest BCUT2D eigenvalue weighted by Crippen LogP contribution is -1.88. The third-order valence-electron chi connectivity index (χ3n) is 4.06. The lowest BCUT2D eigenvalue weighted by atomic mass is 9.98. The highest BCUT2D eigenvalue weighted by Crippen LogP contribution is 2.39. The van der Waals surface area contributed by atoms with Gasteiger partial charge < -0.3 is 16.5 Å². The van der Waals surface area contributed by atoms with E-state index >= 15 is 0 Å². The molecule has 5 N–H and O–H groups in total. The van der Waals surface area contributed by atoms with Gasteiger partial charge in [-0.2, -0.15) is 0 Å². The minimum absolute atomic E-state index is 0.750. The number of hydrogen-bond acceptors (Lipinski definition) is 2. The van der Waals surface area contributed by atoms with Gasteiger partial charge in [0.15, 0.2) is 0 Å². The molecule has 3 aromatic carbocycles. The molecule has 0 atom stereocenters. The standard InChI is InChI=1S/C20H17N3/c21-15-7-3-5-13(11-15)19-17-9-1-2-10-18(17)23-20(19)14-6-4-8-16(22)12-14/h1-12,23H,21-22H2. The maximum absolute atomic E-state index is 5.99. The summed E-state index contributed by atoms with van der Waals surface area (Å²) in [6.45, 7) is 0. The molecule has 0 saturated carbocycles. The Hall–Kier alpha value is -3.20. The lowest BCUT2D eigenvalue weighted by molar-refractivity contribution is 1.45. The predicted octanol–water partition coefficient (Wildman–Crippen LogP) is 4.67. The molecule has 3 heteroatoms. The average molecular weight is 299 g/mol. The van der Waals surface area contributed by atoms with Crippen molar-refractivity contribution in [3.63, 3.8) is 0 Å². The minimum Gasteiger partial charge on any atom is -0.399 e. The highest BCUT2D eigenvalue weighted by molar-refractivity contribution is 6.04. The van der Waals surface area contributed by atoms with E-state index in [1.165, 1.54) is 5.39 Å². The number of nitrogens with two attached hydrogens (primary N) is 2. The van der Waals surface area contributed by atoms with Crippen LogP contribution in [0.5, 0.6) is 0 Å². The number of para-hydroxylation sites is 1. The number of H-pyrrole nitrogens is 1. The molecule has 0 saturated heterocycles. The molecule has 0 bridgehead atoms. The number of nitrogens with one attached hydrogen (secondary N) is 1. The van der Waals surface area contributed by atoms with Gasteiger partial charge in [-0.1, -0.05) is 42.5 Å². The molecule has 4 aromatic rings. The smallest absolute Gasteiger partial charge is 0.0545 e. The number of anilines is 2. The van der Waals surface area contributed by atoms with Crippen molar-refractivity contribution in [3.8, 4) is 22.4 Å².